The van der Waals surface area contributed by atoms with Crippen molar-refractivity contribution in [2.45, 2.75) is 46.5 Å². The van der Waals surface area contributed by atoms with E-state index in [2.05, 4.69) is 26.1 Å². The van der Waals surface area contributed by atoms with E-state index in [1.54, 1.807) is 0 Å². The number of aliphatic carboxylic acids is 1. The zero-order chi connectivity index (χ0) is 15.2. The number of rotatable bonds is 7. The summed E-state index contributed by atoms with van der Waals surface area (Å²) in [7, 11) is 0. The lowest BCUT2D eigenvalue weighted by Gasteiger charge is -2.38. The van der Waals surface area contributed by atoms with Gasteiger partial charge in [0.25, 0.3) is 0 Å². The highest BCUT2D eigenvalue weighted by molar-refractivity contribution is 5.76. The van der Waals surface area contributed by atoms with Crippen molar-refractivity contribution in [2.75, 3.05) is 19.8 Å². The Balaban J connectivity index is 2.20. The van der Waals surface area contributed by atoms with Gasteiger partial charge in [0.15, 0.2) is 0 Å². The summed E-state index contributed by atoms with van der Waals surface area (Å²) in [5.74, 6) is 0.178. The first kappa shape index (κ1) is 17.0. The minimum Gasteiger partial charge on any atom is -0.480 e. The third kappa shape index (κ3) is 6.89. The first-order valence-corrected chi connectivity index (χ1v) is 7.35. The number of carbonyl (C=O) groups is 2. The van der Waals surface area contributed by atoms with Gasteiger partial charge in [-0.25, -0.2) is 4.79 Å². The SMILES string of the molecule is CC1CC(CC(=O)NCCOCC(=O)O)CC(C)(C)C1. The molecule has 20 heavy (non-hydrogen) atoms. The van der Waals surface area contributed by atoms with Crippen molar-refractivity contribution in [3.63, 3.8) is 0 Å². The topological polar surface area (TPSA) is 75.6 Å². The summed E-state index contributed by atoms with van der Waals surface area (Å²) < 4.78 is 4.87. The lowest BCUT2D eigenvalue weighted by Crippen LogP contribution is -2.33. The molecule has 2 N–H and O–H groups in total. The van der Waals surface area contributed by atoms with E-state index < -0.39 is 5.97 Å². The molecule has 0 spiro atoms. The van der Waals surface area contributed by atoms with Crippen LogP contribution in [0.1, 0.15) is 46.5 Å². The van der Waals surface area contributed by atoms with Gasteiger partial charge < -0.3 is 15.2 Å². The maximum atomic E-state index is 11.8. The van der Waals surface area contributed by atoms with E-state index in [4.69, 9.17) is 9.84 Å². The second-order valence-corrected chi connectivity index (χ2v) is 6.78. The molecule has 1 amide bonds. The number of carboxylic acid groups (broad SMARTS) is 1. The summed E-state index contributed by atoms with van der Waals surface area (Å²) >= 11 is 0. The van der Waals surface area contributed by atoms with Gasteiger partial charge in [0, 0.05) is 13.0 Å². The molecule has 0 heterocycles. The van der Waals surface area contributed by atoms with Gasteiger partial charge in [-0.05, 0) is 36.5 Å². The van der Waals surface area contributed by atoms with E-state index >= 15 is 0 Å². The summed E-state index contributed by atoms with van der Waals surface area (Å²) in [5, 5.41) is 11.2. The maximum Gasteiger partial charge on any atom is 0.329 e. The molecule has 2 unspecified atom stereocenters. The van der Waals surface area contributed by atoms with Crippen molar-refractivity contribution in [3.05, 3.63) is 0 Å². The average molecular weight is 285 g/mol. The van der Waals surface area contributed by atoms with Gasteiger partial charge in [0.2, 0.25) is 5.91 Å². The predicted octanol–water partition coefficient (Wildman–Crippen LogP) is 2.06. The molecule has 0 radical (unpaired) electrons. The Morgan fingerprint density at radius 2 is 2.05 bits per heavy atom. The van der Waals surface area contributed by atoms with Crippen molar-refractivity contribution in [3.8, 4) is 0 Å². The smallest absolute Gasteiger partial charge is 0.329 e. The standard InChI is InChI=1S/C15H27NO4/c1-11-6-12(9-15(2,3)8-11)7-13(17)16-4-5-20-10-14(18)19/h11-12H,4-10H2,1-3H3,(H,16,17)(H,18,19). The highest BCUT2D eigenvalue weighted by Gasteiger charge is 2.32. The van der Waals surface area contributed by atoms with Gasteiger partial charge in [0.1, 0.15) is 6.61 Å². The van der Waals surface area contributed by atoms with E-state index in [0.29, 0.717) is 30.2 Å². The molecule has 116 valence electrons. The summed E-state index contributed by atoms with van der Waals surface area (Å²) in [6.07, 6.45) is 4.01. The molecule has 1 fully saturated rings. The fraction of sp³-hybridized carbons (Fsp3) is 0.867. The lowest BCUT2D eigenvalue weighted by molar-refractivity contribution is -0.142. The summed E-state index contributed by atoms with van der Waals surface area (Å²) in [6.45, 7) is 7.10. The Kier molecular flexibility index (Phi) is 6.46. The summed E-state index contributed by atoms with van der Waals surface area (Å²) in [6, 6.07) is 0. The fourth-order valence-corrected chi connectivity index (χ4v) is 3.46. The minimum atomic E-state index is -0.991. The van der Waals surface area contributed by atoms with Crippen LogP contribution in [0.5, 0.6) is 0 Å². The van der Waals surface area contributed by atoms with Crippen molar-refractivity contribution in [1.82, 2.24) is 5.32 Å². The third-order valence-corrected chi connectivity index (χ3v) is 3.75. The van der Waals surface area contributed by atoms with Crippen molar-refractivity contribution in [1.29, 1.82) is 0 Å². The average Bonchev–Trinajstić information content (AvgIpc) is 2.24. The zero-order valence-electron chi connectivity index (χ0n) is 12.8. The Bertz CT molecular complexity index is 341. The van der Waals surface area contributed by atoms with Crippen LogP contribution in [0, 0.1) is 17.3 Å². The number of hydrogen-bond donors (Lipinski definition) is 2. The number of carbonyl (C=O) groups excluding carboxylic acids is 1. The molecule has 0 aromatic heterocycles. The van der Waals surface area contributed by atoms with Crippen LogP contribution in [-0.2, 0) is 14.3 Å². The molecule has 2 atom stereocenters. The summed E-state index contributed by atoms with van der Waals surface area (Å²) in [4.78, 5) is 22.1. The first-order valence-electron chi connectivity index (χ1n) is 7.35. The van der Waals surface area contributed by atoms with Crippen LogP contribution < -0.4 is 5.32 Å². The van der Waals surface area contributed by atoms with E-state index in [0.717, 1.165) is 12.8 Å². The molecule has 1 saturated carbocycles. The Morgan fingerprint density at radius 3 is 2.65 bits per heavy atom. The van der Waals surface area contributed by atoms with E-state index in [9.17, 15) is 9.59 Å². The Hall–Kier alpha value is -1.10. The normalized spacial score (nSPS) is 25.1. The molecular formula is C15H27NO4. The Labute approximate surface area is 121 Å². The third-order valence-electron chi connectivity index (χ3n) is 3.75. The molecule has 0 aliphatic heterocycles. The van der Waals surface area contributed by atoms with E-state index in [1.807, 2.05) is 0 Å². The second-order valence-electron chi connectivity index (χ2n) is 6.78. The number of hydrogen-bond acceptors (Lipinski definition) is 3. The van der Waals surface area contributed by atoms with Crippen molar-refractivity contribution >= 4 is 11.9 Å². The summed E-state index contributed by atoms with van der Waals surface area (Å²) in [5.41, 5.74) is 0.327. The van der Waals surface area contributed by atoms with Gasteiger partial charge in [-0.15, -0.1) is 0 Å². The molecule has 0 aromatic carbocycles. The number of ether oxygens (including phenoxy) is 1. The van der Waals surface area contributed by atoms with E-state index in [-0.39, 0.29) is 19.1 Å². The zero-order valence-corrected chi connectivity index (χ0v) is 12.8. The van der Waals surface area contributed by atoms with Gasteiger partial charge >= 0.3 is 5.97 Å². The Morgan fingerprint density at radius 1 is 1.35 bits per heavy atom. The van der Waals surface area contributed by atoms with Crippen LogP contribution >= 0.6 is 0 Å². The number of nitrogens with one attached hydrogen (secondary N) is 1. The molecule has 5 nitrogen and oxygen atoms in total. The van der Waals surface area contributed by atoms with Crippen LogP contribution in [0.2, 0.25) is 0 Å². The molecule has 5 heteroatoms. The first-order chi connectivity index (χ1) is 9.28. The quantitative estimate of drug-likeness (QED) is 0.702. The fourth-order valence-electron chi connectivity index (χ4n) is 3.46. The van der Waals surface area contributed by atoms with Gasteiger partial charge in [-0.2, -0.15) is 0 Å². The maximum absolute atomic E-state index is 11.8. The second kappa shape index (κ2) is 7.62. The van der Waals surface area contributed by atoms with Crippen LogP contribution in [0.25, 0.3) is 0 Å². The number of amides is 1. The van der Waals surface area contributed by atoms with Crippen molar-refractivity contribution in [2.24, 2.45) is 17.3 Å². The van der Waals surface area contributed by atoms with Gasteiger partial charge in [-0.1, -0.05) is 20.8 Å². The van der Waals surface area contributed by atoms with Gasteiger partial charge in [-0.3, -0.25) is 4.79 Å². The van der Waals surface area contributed by atoms with Crippen LogP contribution in [0.15, 0.2) is 0 Å². The van der Waals surface area contributed by atoms with Crippen LogP contribution in [-0.4, -0.2) is 36.7 Å². The predicted molar refractivity (Wildman–Crippen MR) is 76.4 cm³/mol. The molecule has 1 rings (SSSR count). The molecule has 0 aromatic rings. The molecule has 0 saturated heterocycles. The van der Waals surface area contributed by atoms with E-state index in [1.165, 1.54) is 6.42 Å². The molecule has 1 aliphatic rings. The van der Waals surface area contributed by atoms with Gasteiger partial charge in [0.05, 0.1) is 6.61 Å². The minimum absolute atomic E-state index is 0.0406. The lowest BCUT2D eigenvalue weighted by atomic mass is 9.67. The highest BCUT2D eigenvalue weighted by atomic mass is 16.5. The molecule has 0 bridgehead atoms. The monoisotopic (exact) mass is 285 g/mol. The van der Waals surface area contributed by atoms with Crippen LogP contribution in [0.4, 0.5) is 0 Å². The van der Waals surface area contributed by atoms with Crippen molar-refractivity contribution < 1.29 is 19.4 Å². The molecular weight excluding hydrogens is 258 g/mol. The highest BCUT2D eigenvalue weighted by Crippen LogP contribution is 2.42. The largest absolute Gasteiger partial charge is 0.480 e. The molecule has 1 aliphatic carbocycles. The number of carboxylic acids is 1. The van der Waals surface area contributed by atoms with Crippen LogP contribution in [0.3, 0.4) is 0 Å².